The molecule has 0 saturated carbocycles. The molecule has 1 fully saturated rings. The molecule has 0 bridgehead atoms. The number of nitrogens with one attached hydrogen (secondary N) is 1. The largest absolute Gasteiger partial charge is 0.319 e. The Morgan fingerprint density at radius 3 is 2.68 bits per heavy atom. The highest BCUT2D eigenvalue weighted by Crippen LogP contribution is 2.29. The fraction of sp³-hybridized carbons (Fsp3) is 0.611. The van der Waals surface area contributed by atoms with Gasteiger partial charge in [0.25, 0.3) is 0 Å². The Balaban J connectivity index is 0.00000225. The third kappa shape index (κ3) is 4.10. The van der Waals surface area contributed by atoms with Crippen LogP contribution in [0, 0.1) is 5.92 Å². The van der Waals surface area contributed by atoms with Crippen LogP contribution in [0.15, 0.2) is 24.9 Å². The lowest BCUT2D eigenvalue weighted by Gasteiger charge is -2.22. The summed E-state index contributed by atoms with van der Waals surface area (Å²) in [5, 5.41) is 16.5. The monoisotopic (exact) mass is 405 g/mol. The van der Waals surface area contributed by atoms with Crippen molar-refractivity contribution >= 4 is 12.4 Å². The molecule has 3 aromatic heterocycles. The first kappa shape index (κ1) is 20.5. The maximum atomic E-state index is 4.59. The van der Waals surface area contributed by atoms with Crippen molar-refractivity contribution in [3.8, 4) is 11.5 Å². The van der Waals surface area contributed by atoms with Crippen molar-refractivity contribution in [3.05, 3.63) is 30.7 Å². The van der Waals surface area contributed by atoms with Gasteiger partial charge in [-0.3, -0.25) is 4.68 Å². The maximum Gasteiger partial charge on any atom is 0.162 e. The average Bonchev–Trinajstić information content (AvgIpc) is 3.40. The number of hydrogen-bond donors (Lipinski definition) is 1. The topological polar surface area (TPSA) is 91.3 Å². The molecular weight excluding hydrogens is 378 g/mol. The number of aryl methyl sites for hydroxylation is 1. The van der Waals surface area contributed by atoms with Gasteiger partial charge in [0.15, 0.2) is 5.82 Å². The number of imidazole rings is 1. The summed E-state index contributed by atoms with van der Waals surface area (Å²) in [7, 11) is 1.93. The van der Waals surface area contributed by atoms with Crippen LogP contribution in [0.1, 0.15) is 51.0 Å². The van der Waals surface area contributed by atoms with Crippen molar-refractivity contribution in [1.82, 2.24) is 44.6 Å². The predicted molar refractivity (Wildman–Crippen MR) is 108 cm³/mol. The zero-order valence-electron chi connectivity index (χ0n) is 16.6. The van der Waals surface area contributed by atoms with Crippen molar-refractivity contribution < 1.29 is 0 Å². The van der Waals surface area contributed by atoms with Gasteiger partial charge in [-0.05, 0) is 38.3 Å². The molecule has 152 valence electrons. The normalized spacial score (nSPS) is 16.3. The third-order valence-corrected chi connectivity index (χ3v) is 5.17. The number of rotatable bonds is 6. The zero-order valence-corrected chi connectivity index (χ0v) is 17.4. The number of hydrogen-bond acceptors (Lipinski definition) is 6. The summed E-state index contributed by atoms with van der Waals surface area (Å²) in [5.74, 6) is 2.25. The molecule has 1 saturated heterocycles. The summed E-state index contributed by atoms with van der Waals surface area (Å²) < 4.78 is 5.98. The quantitative estimate of drug-likeness (QED) is 0.676. The van der Waals surface area contributed by atoms with Gasteiger partial charge in [-0.1, -0.05) is 19.1 Å². The molecule has 4 heterocycles. The van der Waals surface area contributed by atoms with Gasteiger partial charge in [-0.2, -0.15) is 5.10 Å². The fourth-order valence-electron chi connectivity index (χ4n) is 3.79. The van der Waals surface area contributed by atoms with Crippen LogP contribution in [0.2, 0.25) is 0 Å². The molecule has 3 aromatic rings. The van der Waals surface area contributed by atoms with Crippen LogP contribution >= 0.6 is 12.4 Å². The SMILES string of the molecule is CC(C)CC(c1ncnn1C)n1ccnc1-c1cn(C2CCNCC2)nn1.Cl. The number of halogens is 1. The standard InChI is InChI=1S/C18H27N9.ClH/c1-13(2)10-16(18-21-12-22-25(18)3)26-9-8-20-17(26)15-11-27(24-23-15)14-4-6-19-7-5-14;/h8-9,11-14,16,19H,4-7,10H2,1-3H3;1H. The molecular formula is C18H28ClN9. The number of piperidine rings is 1. The van der Waals surface area contributed by atoms with Gasteiger partial charge in [-0.15, -0.1) is 17.5 Å². The summed E-state index contributed by atoms with van der Waals surface area (Å²) in [6, 6.07) is 0.458. The van der Waals surface area contributed by atoms with E-state index in [1.807, 2.05) is 35.0 Å². The van der Waals surface area contributed by atoms with Gasteiger partial charge in [0, 0.05) is 19.4 Å². The van der Waals surface area contributed by atoms with Crippen LogP contribution in [0.25, 0.3) is 11.5 Å². The minimum atomic E-state index is 0. The smallest absolute Gasteiger partial charge is 0.162 e. The van der Waals surface area contributed by atoms with Gasteiger partial charge in [0.2, 0.25) is 0 Å². The van der Waals surface area contributed by atoms with E-state index >= 15 is 0 Å². The van der Waals surface area contributed by atoms with E-state index in [0.29, 0.717) is 12.0 Å². The minimum absolute atomic E-state index is 0. The van der Waals surface area contributed by atoms with Gasteiger partial charge < -0.3 is 9.88 Å². The molecule has 0 amide bonds. The van der Waals surface area contributed by atoms with E-state index in [9.17, 15) is 0 Å². The fourth-order valence-corrected chi connectivity index (χ4v) is 3.79. The molecule has 1 unspecified atom stereocenters. The Kier molecular flexibility index (Phi) is 6.46. The first-order valence-electron chi connectivity index (χ1n) is 9.63. The highest BCUT2D eigenvalue weighted by Gasteiger charge is 2.25. The Morgan fingerprint density at radius 1 is 1.21 bits per heavy atom. The van der Waals surface area contributed by atoms with E-state index < -0.39 is 0 Å². The highest BCUT2D eigenvalue weighted by atomic mass is 35.5. The van der Waals surface area contributed by atoms with Crippen molar-refractivity contribution in [2.45, 2.75) is 45.2 Å². The first-order valence-corrected chi connectivity index (χ1v) is 9.63. The second-order valence-electron chi connectivity index (χ2n) is 7.61. The highest BCUT2D eigenvalue weighted by molar-refractivity contribution is 5.85. The van der Waals surface area contributed by atoms with E-state index in [1.54, 1.807) is 6.33 Å². The molecule has 10 heteroatoms. The Morgan fingerprint density at radius 2 is 2.00 bits per heavy atom. The van der Waals surface area contributed by atoms with Crippen molar-refractivity contribution in [3.63, 3.8) is 0 Å². The van der Waals surface area contributed by atoms with Crippen molar-refractivity contribution in [2.24, 2.45) is 13.0 Å². The Hall–Kier alpha value is -2.26. The second kappa shape index (κ2) is 8.83. The van der Waals surface area contributed by atoms with Crippen molar-refractivity contribution in [1.29, 1.82) is 0 Å². The second-order valence-corrected chi connectivity index (χ2v) is 7.61. The minimum Gasteiger partial charge on any atom is -0.319 e. The van der Waals surface area contributed by atoms with Crippen LogP contribution in [0.3, 0.4) is 0 Å². The lowest BCUT2D eigenvalue weighted by atomic mass is 10.0. The summed E-state index contributed by atoms with van der Waals surface area (Å²) in [6.45, 7) is 6.48. The van der Waals surface area contributed by atoms with Crippen LogP contribution in [-0.2, 0) is 7.05 Å². The van der Waals surface area contributed by atoms with Gasteiger partial charge in [0.05, 0.1) is 18.3 Å². The summed E-state index contributed by atoms with van der Waals surface area (Å²) >= 11 is 0. The van der Waals surface area contributed by atoms with Crippen LogP contribution in [0.5, 0.6) is 0 Å². The predicted octanol–water partition coefficient (Wildman–Crippen LogP) is 2.25. The van der Waals surface area contributed by atoms with E-state index in [0.717, 1.165) is 49.7 Å². The molecule has 0 aliphatic carbocycles. The average molecular weight is 406 g/mol. The zero-order chi connectivity index (χ0) is 18.8. The molecule has 28 heavy (non-hydrogen) atoms. The van der Waals surface area contributed by atoms with E-state index in [-0.39, 0.29) is 18.4 Å². The Bertz CT molecular complexity index is 875. The summed E-state index contributed by atoms with van der Waals surface area (Å²) in [5.41, 5.74) is 0.800. The van der Waals surface area contributed by atoms with E-state index in [4.69, 9.17) is 0 Å². The molecule has 4 rings (SSSR count). The van der Waals surface area contributed by atoms with Gasteiger partial charge in [-0.25, -0.2) is 14.6 Å². The summed E-state index contributed by atoms with van der Waals surface area (Å²) in [4.78, 5) is 9.08. The Labute approximate surface area is 171 Å². The van der Waals surface area contributed by atoms with Gasteiger partial charge >= 0.3 is 0 Å². The van der Waals surface area contributed by atoms with Crippen LogP contribution < -0.4 is 5.32 Å². The van der Waals surface area contributed by atoms with Crippen LogP contribution in [-0.4, -0.2) is 52.4 Å². The van der Waals surface area contributed by atoms with Crippen molar-refractivity contribution in [2.75, 3.05) is 13.1 Å². The third-order valence-electron chi connectivity index (χ3n) is 5.17. The lowest BCUT2D eigenvalue weighted by Crippen LogP contribution is -2.29. The number of nitrogens with zero attached hydrogens (tertiary/aromatic N) is 8. The molecule has 1 N–H and O–H groups in total. The molecule has 1 aliphatic heterocycles. The lowest BCUT2D eigenvalue weighted by molar-refractivity contribution is 0.337. The van der Waals surface area contributed by atoms with E-state index in [1.165, 1.54) is 0 Å². The molecule has 1 aliphatic rings. The number of aromatic nitrogens is 8. The van der Waals surface area contributed by atoms with Gasteiger partial charge in [0.1, 0.15) is 17.8 Å². The summed E-state index contributed by atoms with van der Waals surface area (Å²) in [6.07, 6.45) is 10.5. The molecule has 1 atom stereocenters. The molecule has 9 nitrogen and oxygen atoms in total. The molecule has 0 spiro atoms. The maximum absolute atomic E-state index is 4.59. The van der Waals surface area contributed by atoms with Crippen LogP contribution in [0.4, 0.5) is 0 Å². The van der Waals surface area contributed by atoms with E-state index in [2.05, 4.69) is 49.1 Å². The first-order chi connectivity index (χ1) is 13.1. The molecule has 0 radical (unpaired) electrons. The molecule has 0 aromatic carbocycles.